The number of nitrogens with zero attached hydrogens (tertiary/aromatic N) is 3. The summed E-state index contributed by atoms with van der Waals surface area (Å²) in [6.45, 7) is 1.33. The molecule has 0 N–H and O–H groups in total. The van der Waals surface area contributed by atoms with Crippen LogP contribution in [0.1, 0.15) is 31.2 Å². The molecule has 0 aliphatic carbocycles. The Kier molecular flexibility index (Phi) is 7.62. The smallest absolute Gasteiger partial charge is 0.298 e. The maximum absolute atomic E-state index is 14.6. The number of aromatic nitrogens is 2. The lowest BCUT2D eigenvalue weighted by Crippen LogP contribution is -2.44. The maximum Gasteiger partial charge on any atom is 0.451 e. The highest BCUT2D eigenvalue weighted by Gasteiger charge is 2.48. The predicted octanol–water partition coefficient (Wildman–Crippen LogP) is 5.13. The van der Waals surface area contributed by atoms with E-state index in [4.69, 9.17) is 0 Å². The lowest BCUT2D eigenvalue weighted by Gasteiger charge is -2.26. The van der Waals surface area contributed by atoms with Gasteiger partial charge in [-0.2, -0.15) is 17.5 Å². The zero-order valence-electron chi connectivity index (χ0n) is 19.8. The lowest BCUT2D eigenvalue weighted by molar-refractivity contribution is -0.145. The normalized spacial score (nSPS) is 20.6. The molecule has 2 heterocycles. The molecule has 13 heteroatoms. The molecule has 1 saturated heterocycles. The second-order valence-corrected chi connectivity index (χ2v) is 10.7. The van der Waals surface area contributed by atoms with Crippen LogP contribution in [-0.4, -0.2) is 46.7 Å². The van der Waals surface area contributed by atoms with Gasteiger partial charge in [0.1, 0.15) is 17.8 Å². The number of hydrogen-bond acceptors (Lipinski definition) is 5. The second-order valence-electron chi connectivity index (χ2n) is 8.86. The molecule has 1 fully saturated rings. The van der Waals surface area contributed by atoms with Gasteiger partial charge in [-0.1, -0.05) is 6.07 Å². The monoisotopic (exact) mass is 557 g/mol. The van der Waals surface area contributed by atoms with Crippen LogP contribution >= 0.6 is 0 Å². The Bertz CT molecular complexity index is 1430. The van der Waals surface area contributed by atoms with Crippen molar-refractivity contribution in [3.63, 3.8) is 0 Å². The molecule has 3 atom stereocenters. The average molecular weight is 558 g/mol. The van der Waals surface area contributed by atoms with E-state index in [0.717, 1.165) is 47.0 Å². The molecule has 202 valence electrons. The van der Waals surface area contributed by atoms with Gasteiger partial charge in [-0.15, -0.1) is 0 Å². The fourth-order valence-electron chi connectivity index (χ4n) is 4.34. The van der Waals surface area contributed by atoms with Crippen LogP contribution in [0.3, 0.4) is 0 Å². The quantitative estimate of drug-likeness (QED) is 0.377. The third-order valence-corrected chi connectivity index (χ3v) is 8.38. The van der Waals surface area contributed by atoms with E-state index < -0.39 is 57.7 Å². The summed E-state index contributed by atoms with van der Waals surface area (Å²) in [5.41, 5.74) is 0.542. The molecule has 0 bridgehead atoms. The van der Waals surface area contributed by atoms with Gasteiger partial charge >= 0.3 is 6.18 Å². The fourth-order valence-corrected chi connectivity index (χ4v) is 6.17. The molecule has 0 spiro atoms. The van der Waals surface area contributed by atoms with Gasteiger partial charge in [-0.25, -0.2) is 31.6 Å². The van der Waals surface area contributed by atoms with Crippen molar-refractivity contribution in [2.75, 3.05) is 0 Å². The van der Waals surface area contributed by atoms with Crippen LogP contribution in [0.4, 0.5) is 26.3 Å². The Hall–Kier alpha value is -3.32. The summed E-state index contributed by atoms with van der Waals surface area (Å²) in [7, 11) is -4.34. The molecule has 1 aliphatic heterocycles. The Morgan fingerprint density at radius 1 is 1.03 bits per heavy atom. The molecule has 1 aromatic heterocycles. The Labute approximate surface area is 214 Å². The molecular weight excluding hydrogens is 536 g/mol. The predicted molar refractivity (Wildman–Crippen MR) is 124 cm³/mol. The number of aryl methyl sites for hydroxylation is 1. The number of halogens is 6. The minimum atomic E-state index is -4.72. The van der Waals surface area contributed by atoms with E-state index >= 15 is 0 Å². The molecule has 0 unspecified atom stereocenters. The Morgan fingerprint density at radius 2 is 1.66 bits per heavy atom. The van der Waals surface area contributed by atoms with Crippen LogP contribution in [0, 0.1) is 11.6 Å². The molecule has 0 saturated carbocycles. The van der Waals surface area contributed by atoms with E-state index in [0.29, 0.717) is 5.56 Å². The van der Waals surface area contributed by atoms with Crippen molar-refractivity contribution in [3.05, 3.63) is 77.9 Å². The number of ketones is 1. The van der Waals surface area contributed by atoms with Gasteiger partial charge in [0.05, 0.1) is 17.0 Å². The first-order valence-electron chi connectivity index (χ1n) is 11.4. The first kappa shape index (κ1) is 27.7. The topological polar surface area (TPSA) is 80.2 Å². The SMILES string of the molecule is C[C@H]1[C@H](F)C[C@@H](C(=O)CCc2cc(-c3cnc(C(F)(F)F)nc3)ccc2F)N1S(=O)(=O)c1ccc(F)cc1. The van der Waals surface area contributed by atoms with E-state index in [2.05, 4.69) is 9.97 Å². The Morgan fingerprint density at radius 3 is 2.26 bits per heavy atom. The summed E-state index contributed by atoms with van der Waals surface area (Å²) in [5.74, 6) is -3.31. The fraction of sp³-hybridized carbons (Fsp3) is 0.320. The zero-order chi connectivity index (χ0) is 27.8. The van der Waals surface area contributed by atoms with Crippen molar-refractivity contribution in [3.8, 4) is 11.1 Å². The van der Waals surface area contributed by atoms with Crippen molar-refractivity contribution in [2.24, 2.45) is 0 Å². The summed E-state index contributed by atoms with van der Waals surface area (Å²) < 4.78 is 108. The molecule has 3 aromatic rings. The molecule has 4 rings (SSSR count). The number of hydrogen-bond donors (Lipinski definition) is 0. The maximum atomic E-state index is 14.6. The van der Waals surface area contributed by atoms with Crippen LogP contribution in [-0.2, 0) is 27.4 Å². The molecular formula is C25H21F6N3O3S. The highest BCUT2D eigenvalue weighted by molar-refractivity contribution is 7.89. The zero-order valence-corrected chi connectivity index (χ0v) is 20.6. The first-order chi connectivity index (χ1) is 17.8. The van der Waals surface area contributed by atoms with Crippen LogP contribution in [0.15, 0.2) is 59.8 Å². The Balaban J connectivity index is 1.53. The minimum absolute atomic E-state index is 0.0477. The molecule has 6 nitrogen and oxygen atoms in total. The average Bonchev–Trinajstić information content (AvgIpc) is 3.18. The van der Waals surface area contributed by atoms with Crippen molar-refractivity contribution in [1.82, 2.24) is 14.3 Å². The minimum Gasteiger partial charge on any atom is -0.298 e. The molecule has 0 amide bonds. The third-order valence-electron chi connectivity index (χ3n) is 6.37. The number of Topliss-reactive ketones (excluding diaryl/α,β-unsaturated/α-hetero) is 1. The van der Waals surface area contributed by atoms with Gasteiger partial charge in [0, 0.05) is 30.8 Å². The van der Waals surface area contributed by atoms with Crippen LogP contribution in [0.2, 0.25) is 0 Å². The number of carbonyl (C=O) groups excluding carboxylic acids is 1. The van der Waals surface area contributed by atoms with Crippen molar-refractivity contribution < 1.29 is 39.6 Å². The molecule has 2 aromatic carbocycles. The van der Waals surface area contributed by atoms with Crippen molar-refractivity contribution in [2.45, 2.75) is 55.5 Å². The number of rotatable bonds is 7. The first-order valence-corrected chi connectivity index (χ1v) is 12.9. The standard InChI is InChI=1S/C25H21F6N3O3S/c1-14-21(28)11-22(34(14)38(36,37)19-6-4-18(26)5-7-19)23(35)9-3-16-10-15(2-8-20(16)27)17-12-32-24(33-13-17)25(29,30)31/h2,4-8,10,12-14,21-22H,3,9,11H2,1H3/t14-,21+,22-/m0/s1. The second kappa shape index (κ2) is 10.4. The molecule has 1 aliphatic rings. The van der Waals surface area contributed by atoms with Gasteiger partial charge in [-0.3, -0.25) is 4.79 Å². The van der Waals surface area contributed by atoms with Crippen LogP contribution < -0.4 is 0 Å². The van der Waals surface area contributed by atoms with E-state index in [1.807, 2.05) is 0 Å². The van der Waals surface area contributed by atoms with Gasteiger partial charge < -0.3 is 0 Å². The summed E-state index contributed by atoms with van der Waals surface area (Å²) in [6, 6.07) is 5.15. The number of benzene rings is 2. The van der Waals surface area contributed by atoms with Gasteiger partial charge in [-0.05, 0) is 60.9 Å². The third kappa shape index (κ3) is 5.58. The van der Waals surface area contributed by atoms with Gasteiger partial charge in [0.15, 0.2) is 5.78 Å². The van der Waals surface area contributed by atoms with Crippen molar-refractivity contribution in [1.29, 1.82) is 0 Å². The van der Waals surface area contributed by atoms with E-state index in [9.17, 15) is 39.6 Å². The summed E-state index contributed by atoms with van der Waals surface area (Å²) in [4.78, 5) is 19.3. The highest BCUT2D eigenvalue weighted by atomic mass is 32.2. The van der Waals surface area contributed by atoms with Gasteiger partial charge in [0.2, 0.25) is 15.8 Å². The summed E-state index contributed by atoms with van der Waals surface area (Å²) in [6.07, 6.45) is -5.35. The largest absolute Gasteiger partial charge is 0.451 e. The summed E-state index contributed by atoms with van der Waals surface area (Å²) in [5, 5.41) is 0. The van der Waals surface area contributed by atoms with Crippen molar-refractivity contribution >= 4 is 15.8 Å². The van der Waals surface area contributed by atoms with E-state index in [1.54, 1.807) is 0 Å². The molecule has 38 heavy (non-hydrogen) atoms. The number of alkyl halides is 4. The van der Waals surface area contributed by atoms with Crippen LogP contribution in [0.5, 0.6) is 0 Å². The van der Waals surface area contributed by atoms with Crippen LogP contribution in [0.25, 0.3) is 11.1 Å². The molecule has 0 radical (unpaired) electrons. The van der Waals surface area contributed by atoms with E-state index in [-0.39, 0.29) is 35.3 Å². The number of sulfonamides is 1. The summed E-state index contributed by atoms with van der Waals surface area (Å²) >= 11 is 0. The van der Waals surface area contributed by atoms with E-state index in [1.165, 1.54) is 19.1 Å². The van der Waals surface area contributed by atoms with Gasteiger partial charge in [0.25, 0.3) is 0 Å². The lowest BCUT2D eigenvalue weighted by atomic mass is 9.99. The highest BCUT2D eigenvalue weighted by Crippen LogP contribution is 2.34. The number of carbonyl (C=O) groups is 1.